The first-order valence-electron chi connectivity index (χ1n) is 5.70. The lowest BCUT2D eigenvalue weighted by molar-refractivity contribution is -0.168. The quantitative estimate of drug-likeness (QED) is 0.740. The first-order valence-corrected chi connectivity index (χ1v) is 5.70. The summed E-state index contributed by atoms with van der Waals surface area (Å²) < 4.78 is 53.2. The first kappa shape index (κ1) is 15.8. The average Bonchev–Trinajstić information content (AvgIpc) is 2.37. The molecule has 19 heavy (non-hydrogen) atoms. The van der Waals surface area contributed by atoms with Gasteiger partial charge in [0.25, 0.3) is 0 Å². The molecule has 0 radical (unpaired) electrons. The van der Waals surface area contributed by atoms with Crippen molar-refractivity contribution in [2.75, 3.05) is 13.2 Å². The van der Waals surface area contributed by atoms with Crippen LogP contribution in [0, 0.1) is 0 Å². The van der Waals surface area contributed by atoms with E-state index in [1.54, 1.807) is 0 Å². The van der Waals surface area contributed by atoms with E-state index in [1.165, 1.54) is 12.4 Å². The minimum absolute atomic E-state index is 0.172. The number of halogens is 4. The minimum Gasteiger partial charge on any atom is -0.367 e. The number of ether oxygens (including phenoxy) is 1. The third kappa shape index (κ3) is 5.48. The molecule has 1 aromatic rings. The van der Waals surface area contributed by atoms with Crippen molar-refractivity contribution in [1.29, 1.82) is 0 Å². The van der Waals surface area contributed by atoms with E-state index in [-0.39, 0.29) is 12.4 Å². The van der Waals surface area contributed by atoms with Gasteiger partial charge in [0.05, 0.1) is 0 Å². The largest absolute Gasteiger partial charge is 0.367 e. The Labute approximate surface area is 108 Å². The molecule has 0 aliphatic carbocycles. The van der Waals surface area contributed by atoms with E-state index in [4.69, 9.17) is 0 Å². The molecular weight excluding hydrogens is 266 g/mol. The van der Waals surface area contributed by atoms with Gasteiger partial charge in [0, 0.05) is 24.5 Å². The maximum Gasteiger partial charge on any atom is 0.330 e. The standard InChI is InChI=1S/C11H15F4N3O/c1-2-16-3-8-4-17-9(18-5-8)6-19-7-11(14,15)10(12)13/h4-5,10,16H,2-3,6-7H2,1H3. The van der Waals surface area contributed by atoms with Crippen LogP contribution in [0.1, 0.15) is 18.3 Å². The van der Waals surface area contributed by atoms with Crippen LogP contribution in [0.3, 0.4) is 0 Å². The summed E-state index contributed by atoms with van der Waals surface area (Å²) >= 11 is 0. The lowest BCUT2D eigenvalue weighted by Crippen LogP contribution is -2.32. The van der Waals surface area contributed by atoms with Gasteiger partial charge in [0.1, 0.15) is 13.2 Å². The van der Waals surface area contributed by atoms with Gasteiger partial charge >= 0.3 is 12.3 Å². The van der Waals surface area contributed by atoms with Crippen LogP contribution >= 0.6 is 0 Å². The molecule has 1 N–H and O–H groups in total. The summed E-state index contributed by atoms with van der Waals surface area (Å²) in [7, 11) is 0. The van der Waals surface area contributed by atoms with Crippen LogP contribution in [0.5, 0.6) is 0 Å². The summed E-state index contributed by atoms with van der Waals surface area (Å²) in [5.41, 5.74) is 0.837. The second kappa shape index (κ2) is 7.34. The zero-order chi connectivity index (χ0) is 14.3. The molecule has 1 rings (SSSR count). The highest BCUT2D eigenvalue weighted by molar-refractivity contribution is 5.04. The number of nitrogens with one attached hydrogen (secondary N) is 1. The zero-order valence-corrected chi connectivity index (χ0v) is 10.4. The maximum absolute atomic E-state index is 12.5. The van der Waals surface area contributed by atoms with Crippen molar-refractivity contribution >= 4 is 0 Å². The third-order valence-corrected chi connectivity index (χ3v) is 2.18. The summed E-state index contributed by atoms with van der Waals surface area (Å²) in [5.74, 6) is -3.98. The molecule has 0 bridgehead atoms. The third-order valence-electron chi connectivity index (χ3n) is 2.18. The van der Waals surface area contributed by atoms with Gasteiger partial charge in [-0.05, 0) is 6.54 Å². The Hall–Kier alpha value is -1.28. The summed E-state index contributed by atoms with van der Waals surface area (Å²) in [6.07, 6.45) is -0.685. The first-order chi connectivity index (χ1) is 8.95. The predicted molar refractivity (Wildman–Crippen MR) is 60.0 cm³/mol. The van der Waals surface area contributed by atoms with Crippen LogP contribution in [-0.2, 0) is 17.9 Å². The molecule has 0 unspecified atom stereocenters. The molecule has 1 heterocycles. The number of nitrogens with zero attached hydrogens (tertiary/aromatic N) is 2. The lowest BCUT2D eigenvalue weighted by atomic mass is 10.3. The smallest absolute Gasteiger partial charge is 0.330 e. The van der Waals surface area contributed by atoms with E-state index >= 15 is 0 Å². The topological polar surface area (TPSA) is 47.0 Å². The van der Waals surface area contributed by atoms with Gasteiger partial charge in [-0.15, -0.1) is 0 Å². The van der Waals surface area contributed by atoms with E-state index in [2.05, 4.69) is 20.0 Å². The predicted octanol–water partition coefficient (Wildman–Crippen LogP) is 2.00. The second-order valence-electron chi connectivity index (χ2n) is 3.84. The molecule has 0 atom stereocenters. The Morgan fingerprint density at radius 3 is 2.47 bits per heavy atom. The number of hydrogen-bond acceptors (Lipinski definition) is 4. The van der Waals surface area contributed by atoms with Crippen LogP contribution in [0.2, 0.25) is 0 Å². The molecule has 0 spiro atoms. The van der Waals surface area contributed by atoms with Crippen LogP contribution in [0.4, 0.5) is 17.6 Å². The summed E-state index contributed by atoms with van der Waals surface area (Å²) in [5, 5.41) is 3.07. The van der Waals surface area contributed by atoms with E-state index < -0.39 is 19.0 Å². The fourth-order valence-electron chi connectivity index (χ4n) is 1.16. The Morgan fingerprint density at radius 2 is 1.95 bits per heavy atom. The van der Waals surface area contributed by atoms with Crippen molar-refractivity contribution in [3.63, 3.8) is 0 Å². The van der Waals surface area contributed by atoms with Crippen LogP contribution in [-0.4, -0.2) is 35.5 Å². The Morgan fingerprint density at radius 1 is 1.32 bits per heavy atom. The second-order valence-corrected chi connectivity index (χ2v) is 3.84. The Kier molecular flexibility index (Phi) is 6.10. The molecule has 0 aromatic carbocycles. The molecule has 108 valence electrons. The van der Waals surface area contributed by atoms with E-state index in [9.17, 15) is 17.6 Å². The summed E-state index contributed by atoms with van der Waals surface area (Å²) in [6, 6.07) is 0. The van der Waals surface area contributed by atoms with Gasteiger partial charge < -0.3 is 10.1 Å². The highest BCUT2D eigenvalue weighted by atomic mass is 19.3. The molecule has 0 aliphatic heterocycles. The lowest BCUT2D eigenvalue weighted by Gasteiger charge is -2.14. The normalized spacial score (nSPS) is 12.1. The van der Waals surface area contributed by atoms with Crippen molar-refractivity contribution in [3.8, 4) is 0 Å². The van der Waals surface area contributed by atoms with Gasteiger partial charge in [0.15, 0.2) is 5.82 Å². The SMILES string of the molecule is CCNCc1cnc(COCC(F)(F)C(F)F)nc1. The van der Waals surface area contributed by atoms with Gasteiger partial charge in [0.2, 0.25) is 0 Å². The monoisotopic (exact) mass is 281 g/mol. The number of hydrogen-bond donors (Lipinski definition) is 1. The molecular formula is C11H15F4N3O. The van der Waals surface area contributed by atoms with Crippen LogP contribution in [0.15, 0.2) is 12.4 Å². The van der Waals surface area contributed by atoms with Crippen LogP contribution < -0.4 is 5.32 Å². The van der Waals surface area contributed by atoms with Gasteiger partial charge in [-0.1, -0.05) is 6.92 Å². The molecule has 0 aliphatic rings. The summed E-state index contributed by atoms with van der Waals surface area (Å²) in [4.78, 5) is 7.78. The fraction of sp³-hybridized carbons (Fsp3) is 0.636. The maximum atomic E-state index is 12.5. The Balaban J connectivity index is 2.38. The van der Waals surface area contributed by atoms with E-state index in [0.717, 1.165) is 12.1 Å². The highest BCUT2D eigenvalue weighted by Crippen LogP contribution is 2.23. The number of aromatic nitrogens is 2. The van der Waals surface area contributed by atoms with E-state index in [0.29, 0.717) is 6.54 Å². The van der Waals surface area contributed by atoms with Crippen molar-refractivity contribution in [2.24, 2.45) is 0 Å². The molecule has 1 aromatic heterocycles. The Bertz CT molecular complexity index is 373. The molecule has 8 heteroatoms. The molecule has 0 amide bonds. The van der Waals surface area contributed by atoms with Crippen molar-refractivity contribution in [3.05, 3.63) is 23.8 Å². The van der Waals surface area contributed by atoms with Gasteiger partial charge in [-0.25, -0.2) is 18.7 Å². The molecule has 0 saturated heterocycles. The zero-order valence-electron chi connectivity index (χ0n) is 10.4. The van der Waals surface area contributed by atoms with Crippen LogP contribution in [0.25, 0.3) is 0 Å². The number of alkyl halides is 4. The molecule has 0 fully saturated rings. The fourth-order valence-corrected chi connectivity index (χ4v) is 1.16. The van der Waals surface area contributed by atoms with Gasteiger partial charge in [-0.2, -0.15) is 8.78 Å². The van der Waals surface area contributed by atoms with Crippen molar-refractivity contribution in [1.82, 2.24) is 15.3 Å². The van der Waals surface area contributed by atoms with Gasteiger partial charge in [-0.3, -0.25) is 0 Å². The summed E-state index contributed by atoms with van der Waals surface area (Å²) in [6.45, 7) is 1.66. The highest BCUT2D eigenvalue weighted by Gasteiger charge is 2.40. The molecule has 4 nitrogen and oxygen atoms in total. The number of rotatable bonds is 8. The van der Waals surface area contributed by atoms with Crippen molar-refractivity contribution < 1.29 is 22.3 Å². The van der Waals surface area contributed by atoms with E-state index in [1.807, 2.05) is 6.92 Å². The van der Waals surface area contributed by atoms with Crippen molar-refractivity contribution in [2.45, 2.75) is 32.4 Å². The minimum atomic E-state index is -4.15. The molecule has 0 saturated carbocycles. The average molecular weight is 281 g/mol.